The van der Waals surface area contributed by atoms with Crippen LogP contribution in [-0.2, 0) is 0 Å². The first kappa shape index (κ1) is 65.9. The van der Waals surface area contributed by atoms with Gasteiger partial charge in [0.15, 0.2) is 23.3 Å². The van der Waals surface area contributed by atoms with E-state index < -0.39 is 0 Å². The van der Waals surface area contributed by atoms with Crippen molar-refractivity contribution in [2.24, 2.45) is 23.7 Å². The minimum absolute atomic E-state index is 0.498. The van der Waals surface area contributed by atoms with E-state index in [-0.39, 0.29) is 0 Å². The monoisotopic (exact) mass is 1190 g/mol. The second kappa shape index (κ2) is 34.4. The van der Waals surface area contributed by atoms with Crippen molar-refractivity contribution in [2.75, 3.05) is 26.4 Å². The molecule has 7 aromatic rings. The summed E-state index contributed by atoms with van der Waals surface area (Å²) in [6, 6.07) is 24.9. The van der Waals surface area contributed by atoms with Crippen molar-refractivity contribution < 1.29 is 18.9 Å². The number of rotatable bonds is 40. The topological polar surface area (TPSA) is 146 Å². The van der Waals surface area contributed by atoms with Gasteiger partial charge < -0.3 is 28.9 Å². The molecule has 4 unspecified atom stereocenters. The van der Waals surface area contributed by atoms with Crippen molar-refractivity contribution in [1.82, 2.24) is 39.9 Å². The predicted molar refractivity (Wildman–Crippen MR) is 367 cm³/mol. The highest BCUT2D eigenvalue weighted by atomic mass is 16.5. The zero-order valence-corrected chi connectivity index (χ0v) is 55.2. The Balaban J connectivity index is 1.23. The minimum atomic E-state index is 0.498. The van der Waals surface area contributed by atoms with Crippen LogP contribution in [0.1, 0.15) is 235 Å². The third-order valence-electron chi connectivity index (χ3n) is 19.1. The second-order valence-electron chi connectivity index (χ2n) is 25.4. The highest BCUT2D eigenvalue weighted by molar-refractivity contribution is 6.10. The zero-order valence-electron chi connectivity index (χ0n) is 55.2. The third kappa shape index (κ3) is 17.0. The number of aromatic amines is 2. The quantitative estimate of drug-likeness (QED) is 0.0356. The molecule has 4 aromatic carbocycles. The van der Waals surface area contributed by atoms with E-state index in [2.05, 4.69) is 138 Å². The van der Waals surface area contributed by atoms with E-state index in [1.807, 2.05) is 0 Å². The summed E-state index contributed by atoms with van der Waals surface area (Å²) in [4.78, 5) is 40.4. The van der Waals surface area contributed by atoms with Crippen LogP contribution in [0.5, 0.6) is 23.0 Å². The molecule has 0 saturated heterocycles. The molecule has 9 rings (SSSR count). The molecular weight excluding hydrogens is 1090 g/mol. The van der Waals surface area contributed by atoms with Crippen LogP contribution >= 0.6 is 0 Å². The van der Waals surface area contributed by atoms with Gasteiger partial charge in [-0.05, 0) is 73.6 Å². The Morgan fingerprint density at radius 2 is 0.614 bits per heavy atom. The van der Waals surface area contributed by atoms with Crippen LogP contribution in [0.3, 0.4) is 0 Å². The van der Waals surface area contributed by atoms with E-state index in [4.69, 9.17) is 48.9 Å². The fraction of sp³-hybridized carbons (Fsp3) is 0.579. The number of nitrogens with zero attached hydrogens (tertiary/aromatic N) is 6. The average Bonchev–Trinajstić information content (AvgIpc) is 1.85. The van der Waals surface area contributed by atoms with Crippen LogP contribution in [0, 0.1) is 23.7 Å². The maximum atomic E-state index is 6.92. The molecule has 0 radical (unpaired) electrons. The summed E-state index contributed by atoms with van der Waals surface area (Å²) < 4.78 is 27.6. The van der Waals surface area contributed by atoms with Gasteiger partial charge in [0.1, 0.15) is 45.6 Å². The van der Waals surface area contributed by atoms with E-state index in [0.29, 0.717) is 96.0 Å². The molecule has 474 valence electrons. The van der Waals surface area contributed by atoms with Gasteiger partial charge >= 0.3 is 0 Å². The first-order valence-corrected chi connectivity index (χ1v) is 35.2. The van der Waals surface area contributed by atoms with Crippen LogP contribution in [0.4, 0.5) is 0 Å². The summed E-state index contributed by atoms with van der Waals surface area (Å²) in [5, 5.41) is 3.41. The molecule has 0 saturated carbocycles. The van der Waals surface area contributed by atoms with Gasteiger partial charge in [0.25, 0.3) is 0 Å². The summed E-state index contributed by atoms with van der Waals surface area (Å²) in [5.41, 5.74) is 5.70. The number of hydrogen-bond donors (Lipinski definition) is 2. The van der Waals surface area contributed by atoms with E-state index >= 15 is 0 Å². The molecule has 3 aromatic heterocycles. The number of ether oxygens (including phenoxy) is 4. The molecule has 8 bridgehead atoms. The molecule has 0 spiro atoms. The Morgan fingerprint density at radius 3 is 0.966 bits per heavy atom. The van der Waals surface area contributed by atoms with Crippen LogP contribution in [0.2, 0.25) is 0 Å². The lowest BCUT2D eigenvalue weighted by Crippen LogP contribution is -2.07. The first-order valence-electron chi connectivity index (χ1n) is 35.2. The first-order chi connectivity index (χ1) is 43.3. The summed E-state index contributed by atoms with van der Waals surface area (Å²) in [6.45, 7) is 20.7. The Labute approximate surface area is 527 Å². The molecule has 12 nitrogen and oxygen atoms in total. The number of H-pyrrole nitrogens is 2. The second-order valence-corrected chi connectivity index (χ2v) is 25.4. The van der Waals surface area contributed by atoms with Crippen LogP contribution in [-0.4, -0.2) is 66.3 Å². The van der Waals surface area contributed by atoms with Crippen molar-refractivity contribution in [2.45, 2.75) is 235 Å². The molecule has 4 atom stereocenters. The van der Waals surface area contributed by atoms with Crippen molar-refractivity contribution in [3.8, 4) is 68.5 Å². The predicted octanol–water partition coefficient (Wildman–Crippen LogP) is 21.9. The van der Waals surface area contributed by atoms with Gasteiger partial charge in [0, 0.05) is 21.9 Å². The number of nitrogens with one attached hydrogen (secondary N) is 2. The number of unbranched alkanes of at least 4 members (excludes halogenated alkanes) is 12. The van der Waals surface area contributed by atoms with Gasteiger partial charge in [-0.2, -0.15) is 0 Å². The fourth-order valence-electron chi connectivity index (χ4n) is 13.3. The van der Waals surface area contributed by atoms with E-state index in [0.717, 1.165) is 118 Å². The molecular formula is C76H106N8O4. The van der Waals surface area contributed by atoms with E-state index in [1.165, 1.54) is 128 Å². The van der Waals surface area contributed by atoms with Crippen LogP contribution < -0.4 is 18.9 Å². The van der Waals surface area contributed by atoms with E-state index in [1.54, 1.807) is 0 Å². The molecule has 0 fully saturated rings. The van der Waals surface area contributed by atoms with Crippen molar-refractivity contribution in [3.63, 3.8) is 0 Å². The number of hydrogen-bond acceptors (Lipinski definition) is 10. The average molecular weight is 1200 g/mol. The van der Waals surface area contributed by atoms with Crippen LogP contribution in [0.15, 0.2) is 72.8 Å². The molecule has 2 aliphatic rings. The van der Waals surface area contributed by atoms with Crippen molar-refractivity contribution >= 4 is 44.1 Å². The van der Waals surface area contributed by atoms with Crippen LogP contribution in [0.25, 0.3) is 89.7 Å². The third-order valence-corrected chi connectivity index (χ3v) is 19.1. The summed E-state index contributed by atoms with van der Waals surface area (Å²) >= 11 is 0. The smallest absolute Gasteiger partial charge is 0.168 e. The molecule has 0 aliphatic carbocycles. The Hall–Kier alpha value is -6.56. The summed E-state index contributed by atoms with van der Waals surface area (Å²) in [5.74, 6) is 7.39. The Morgan fingerprint density at radius 1 is 0.307 bits per heavy atom. The normalized spacial score (nSPS) is 13.4. The number of benzene rings is 4. The van der Waals surface area contributed by atoms with Crippen molar-refractivity contribution in [1.29, 1.82) is 0 Å². The molecule has 0 amide bonds. The lowest BCUT2D eigenvalue weighted by molar-refractivity contribution is 0.266. The zero-order chi connectivity index (χ0) is 61.5. The maximum absolute atomic E-state index is 6.92. The molecule has 88 heavy (non-hydrogen) atoms. The SMILES string of the molecule is CCCCCCC(CC)CCOc1cccc2c1-c1nc-2nc2[nH]c(nc3nc(nc4[nH]c(n1)c1cccc(OCCC(CC)CCCCCC)c41)-c1c(OCCC(CC)CCCCCC)cccc1-3)c1c(OCCC(CC)CCCCCC)cccc21. The van der Waals surface area contributed by atoms with Gasteiger partial charge in [0.05, 0.1) is 48.3 Å². The van der Waals surface area contributed by atoms with Gasteiger partial charge in [-0.1, -0.05) is 258 Å². The Kier molecular flexibility index (Phi) is 25.8. The minimum Gasteiger partial charge on any atom is -0.493 e. The number of aromatic nitrogens is 8. The molecule has 2 aliphatic heterocycles. The molecule has 2 N–H and O–H groups in total. The lowest BCUT2D eigenvalue weighted by atomic mass is 9.95. The summed E-state index contributed by atoms with van der Waals surface area (Å²) in [6.07, 6.45) is 33.6. The van der Waals surface area contributed by atoms with Crippen molar-refractivity contribution in [3.05, 3.63) is 72.8 Å². The molecule has 12 heteroatoms. The molecule has 5 heterocycles. The number of fused-ring (bicyclic) bond motifs is 20. The lowest BCUT2D eigenvalue weighted by Gasteiger charge is -2.16. The standard InChI is InChI=1S/C76H106N8O4/c1-9-17-21-25-33-53(13-5)45-49-85-61-41-29-37-57-65(61)73-78-69(57)77-70-58-38-30-42-62(86-50-46-54(14-6)34-26-22-18-10-2)66(58)74(79-70)81-72-60-40-32-44-64(88-52-48-56(16-8)36-28-24-20-12-4)68(60)76(83-72)84-75-67-59(71(80-73)82-75)39-31-43-63(67)87-51-47-55(15-7)35-27-23-19-11-3/h29-32,37-44,53-56H,9-28,33-36,45-52H2,1-8H3,(H2,77,78,79,80,81,82,83,84). The van der Waals surface area contributed by atoms with Gasteiger partial charge in [-0.15, -0.1) is 0 Å². The van der Waals surface area contributed by atoms with E-state index in [9.17, 15) is 0 Å². The van der Waals surface area contributed by atoms with Gasteiger partial charge in [-0.25, -0.2) is 29.9 Å². The largest absolute Gasteiger partial charge is 0.493 e. The highest BCUT2D eigenvalue weighted by Gasteiger charge is 2.28. The highest BCUT2D eigenvalue weighted by Crippen LogP contribution is 2.45. The Bertz CT molecular complexity index is 3460. The van der Waals surface area contributed by atoms with Gasteiger partial charge in [-0.3, -0.25) is 0 Å². The summed E-state index contributed by atoms with van der Waals surface area (Å²) in [7, 11) is 0. The fourth-order valence-corrected chi connectivity index (χ4v) is 13.3. The maximum Gasteiger partial charge on any atom is 0.168 e. The van der Waals surface area contributed by atoms with Gasteiger partial charge in [0.2, 0.25) is 0 Å².